The first-order valence-corrected chi connectivity index (χ1v) is 14.1. The molecule has 40 heavy (non-hydrogen) atoms. The smallest absolute Gasteiger partial charge is 0.278 e. The number of rotatable bonds is 7. The number of nitrogens with two attached hydrogens (primary N) is 1. The summed E-state index contributed by atoms with van der Waals surface area (Å²) in [5.41, 5.74) is 2.73. The van der Waals surface area contributed by atoms with Gasteiger partial charge in [-0.1, -0.05) is 12.1 Å². The molecule has 5 rings (SSSR count). The molecule has 1 aliphatic heterocycles. The molecule has 0 spiro atoms. The molecular weight excluding hydrogens is 534 g/mol. The third-order valence-corrected chi connectivity index (χ3v) is 7.52. The van der Waals surface area contributed by atoms with Crippen LogP contribution in [0.4, 0.5) is 17.3 Å². The summed E-state index contributed by atoms with van der Waals surface area (Å²) < 4.78 is 26.6. The van der Waals surface area contributed by atoms with E-state index in [2.05, 4.69) is 31.7 Å². The molecule has 3 aromatic heterocycles. The highest BCUT2D eigenvalue weighted by Gasteiger charge is 2.21. The van der Waals surface area contributed by atoms with Crippen molar-refractivity contribution in [3.63, 3.8) is 0 Å². The quantitative estimate of drug-likeness (QED) is 0.318. The molecule has 4 heterocycles. The van der Waals surface area contributed by atoms with E-state index in [1.165, 1.54) is 33.8 Å². The van der Waals surface area contributed by atoms with Crippen LogP contribution in [0.15, 0.2) is 65.1 Å². The van der Waals surface area contributed by atoms with Crippen molar-refractivity contribution in [2.75, 3.05) is 36.4 Å². The summed E-state index contributed by atoms with van der Waals surface area (Å²) in [5, 5.41) is 8.36. The minimum absolute atomic E-state index is 0.0889. The van der Waals surface area contributed by atoms with E-state index in [9.17, 15) is 18.0 Å². The fourth-order valence-corrected chi connectivity index (χ4v) is 5.26. The Hall–Kier alpha value is -4.56. The number of fused-ring (bicyclic) bond motifs is 1. The largest absolute Gasteiger partial charge is 0.368 e. The topological polar surface area (TPSA) is 161 Å². The van der Waals surface area contributed by atoms with Crippen LogP contribution in [-0.4, -0.2) is 69.7 Å². The van der Waals surface area contributed by atoms with Crippen LogP contribution in [0.5, 0.6) is 0 Å². The van der Waals surface area contributed by atoms with Gasteiger partial charge in [0.1, 0.15) is 5.39 Å². The predicted molar refractivity (Wildman–Crippen MR) is 151 cm³/mol. The van der Waals surface area contributed by atoms with Gasteiger partial charge in [-0.3, -0.25) is 9.59 Å². The fraction of sp³-hybridized carbons (Fsp3) is 0.269. The van der Waals surface area contributed by atoms with Gasteiger partial charge in [-0.2, -0.15) is 4.98 Å². The fourth-order valence-electron chi connectivity index (χ4n) is 4.77. The van der Waals surface area contributed by atoms with Gasteiger partial charge >= 0.3 is 0 Å². The Bertz CT molecular complexity index is 1790. The molecule has 4 aromatic rings. The van der Waals surface area contributed by atoms with Crippen molar-refractivity contribution in [2.45, 2.75) is 25.4 Å². The van der Waals surface area contributed by atoms with E-state index >= 15 is 0 Å². The van der Waals surface area contributed by atoms with Crippen LogP contribution in [0.3, 0.4) is 0 Å². The summed E-state index contributed by atoms with van der Waals surface area (Å²) in [6.07, 6.45) is 2.96. The number of anilines is 3. The molecule has 1 fully saturated rings. The van der Waals surface area contributed by atoms with Gasteiger partial charge in [0.15, 0.2) is 16.5 Å². The maximum atomic E-state index is 13.2. The Morgan fingerprint density at radius 1 is 1.15 bits per heavy atom. The predicted octanol–water partition coefficient (Wildman–Crippen LogP) is 1.53. The summed E-state index contributed by atoms with van der Waals surface area (Å²) in [7, 11) is -4.07. The van der Waals surface area contributed by atoms with E-state index in [0.717, 1.165) is 30.0 Å². The highest BCUT2D eigenvalue weighted by Crippen LogP contribution is 2.26. The minimum Gasteiger partial charge on any atom is -0.368 e. The molecule has 1 amide bonds. The van der Waals surface area contributed by atoms with Crippen LogP contribution in [0.25, 0.3) is 16.9 Å². The Labute approximate surface area is 230 Å². The number of primary sulfonamides is 1. The second kappa shape index (κ2) is 10.5. The van der Waals surface area contributed by atoms with Crippen molar-refractivity contribution in [2.24, 2.45) is 5.14 Å². The van der Waals surface area contributed by atoms with E-state index < -0.39 is 10.0 Å². The van der Waals surface area contributed by atoms with Gasteiger partial charge in [-0.25, -0.2) is 32.9 Å². The first-order valence-electron chi connectivity index (χ1n) is 12.5. The lowest BCUT2D eigenvalue weighted by molar-refractivity contribution is -0.129. The summed E-state index contributed by atoms with van der Waals surface area (Å²) in [5.74, 6) is 0.475. The normalized spacial score (nSPS) is 14.0. The number of aryl methyl sites for hydroxylation is 1. The molecule has 0 unspecified atom stereocenters. The van der Waals surface area contributed by atoms with E-state index in [1.54, 1.807) is 13.0 Å². The number of allylic oxidation sites excluding steroid dienone is 1. The van der Waals surface area contributed by atoms with E-state index in [-0.39, 0.29) is 45.8 Å². The number of nitrogens with zero attached hydrogens (tertiary/aromatic N) is 7. The van der Waals surface area contributed by atoms with E-state index in [4.69, 9.17) is 5.14 Å². The number of piperazine rings is 1. The van der Waals surface area contributed by atoms with Gasteiger partial charge < -0.3 is 15.1 Å². The molecule has 1 aromatic carbocycles. The van der Waals surface area contributed by atoms with Crippen LogP contribution in [0, 0.1) is 6.92 Å². The van der Waals surface area contributed by atoms with Crippen molar-refractivity contribution in [1.82, 2.24) is 29.2 Å². The molecule has 14 heteroatoms. The third kappa shape index (κ3) is 5.18. The number of carbonyl (C=O) groups excluding carboxylic acids is 1. The number of carbonyl (C=O) groups is 1. The highest BCUT2D eigenvalue weighted by molar-refractivity contribution is 7.89. The number of nitrogens with one attached hydrogen (secondary N) is 1. The molecule has 0 radical (unpaired) electrons. The van der Waals surface area contributed by atoms with Crippen molar-refractivity contribution in [1.29, 1.82) is 0 Å². The van der Waals surface area contributed by atoms with Gasteiger partial charge in [0, 0.05) is 50.7 Å². The Morgan fingerprint density at radius 2 is 1.90 bits per heavy atom. The Balaban J connectivity index is 1.49. The maximum absolute atomic E-state index is 13.2. The molecule has 0 saturated carbocycles. The monoisotopic (exact) mass is 563 g/mol. The molecule has 0 atom stereocenters. The number of aromatic nitrogens is 5. The Kier molecular flexibility index (Phi) is 7.12. The lowest BCUT2D eigenvalue weighted by Crippen LogP contribution is -2.48. The Morgan fingerprint density at radius 3 is 2.55 bits per heavy atom. The summed E-state index contributed by atoms with van der Waals surface area (Å²) in [6.45, 7) is 10.3. The average molecular weight is 564 g/mol. The number of hydrogen-bond donors (Lipinski definition) is 2. The lowest BCUT2D eigenvalue weighted by Gasteiger charge is -2.36. The van der Waals surface area contributed by atoms with E-state index in [1.807, 2.05) is 30.0 Å². The first-order chi connectivity index (χ1) is 19.1. The van der Waals surface area contributed by atoms with Gasteiger partial charge in [0.05, 0.1) is 6.54 Å². The van der Waals surface area contributed by atoms with Gasteiger partial charge in [-0.05, 0) is 42.8 Å². The zero-order chi connectivity index (χ0) is 28.6. The number of hydrogen-bond acceptors (Lipinski definition) is 9. The third-order valence-electron chi connectivity index (χ3n) is 6.71. The maximum Gasteiger partial charge on any atom is 0.278 e. The molecule has 1 saturated heterocycles. The molecular formula is C26H29N9O4S. The standard InChI is InChI=1S/C26H29N9O4S/c1-4-10-34-25(37)20-16-28-26(31-24(20)35(34)22-6-5-7-23(30-22)40(27,38)39)29-19-8-9-21(17(2)15-19)33-13-11-32(12-14-33)18(3)36/h4-9,15-16H,1,10-14H2,2-3H3,(H2,27,38,39)(H,28,29,31). The summed E-state index contributed by atoms with van der Waals surface area (Å²) in [6, 6.07) is 10.2. The average Bonchev–Trinajstić information content (AvgIpc) is 3.19. The lowest BCUT2D eigenvalue weighted by atomic mass is 10.1. The minimum atomic E-state index is -4.07. The number of amides is 1. The van der Waals surface area contributed by atoms with Gasteiger partial charge in [0.25, 0.3) is 15.6 Å². The van der Waals surface area contributed by atoms with Crippen molar-refractivity contribution < 1.29 is 13.2 Å². The van der Waals surface area contributed by atoms with Gasteiger partial charge in [-0.15, -0.1) is 6.58 Å². The molecule has 208 valence electrons. The summed E-state index contributed by atoms with van der Waals surface area (Å²) >= 11 is 0. The molecule has 3 N–H and O–H groups in total. The van der Waals surface area contributed by atoms with Crippen molar-refractivity contribution in [3.05, 3.63) is 71.2 Å². The van der Waals surface area contributed by atoms with E-state index in [0.29, 0.717) is 13.1 Å². The molecule has 13 nitrogen and oxygen atoms in total. The number of sulfonamides is 1. The number of pyridine rings is 1. The second-order valence-electron chi connectivity index (χ2n) is 9.42. The van der Waals surface area contributed by atoms with Crippen LogP contribution in [0.2, 0.25) is 0 Å². The van der Waals surface area contributed by atoms with Crippen molar-refractivity contribution in [3.8, 4) is 5.82 Å². The molecule has 0 bridgehead atoms. The van der Waals surface area contributed by atoms with Crippen LogP contribution in [0.1, 0.15) is 12.5 Å². The first kappa shape index (κ1) is 27.0. The van der Waals surface area contributed by atoms with Gasteiger partial charge in [0.2, 0.25) is 11.9 Å². The highest BCUT2D eigenvalue weighted by atomic mass is 32.2. The van der Waals surface area contributed by atoms with Crippen LogP contribution in [-0.2, 0) is 21.4 Å². The SMILES string of the molecule is C=CCn1c(=O)c2cnc(Nc3ccc(N4CCN(C(C)=O)CC4)c(C)c3)nc2n1-c1cccc(S(N)(=O)=O)n1. The molecule has 0 aliphatic carbocycles. The van der Waals surface area contributed by atoms with Crippen LogP contribution < -0.4 is 20.9 Å². The summed E-state index contributed by atoms with van der Waals surface area (Å²) in [4.78, 5) is 42.0. The van der Waals surface area contributed by atoms with Crippen molar-refractivity contribution >= 4 is 44.3 Å². The number of benzene rings is 1. The zero-order valence-corrected chi connectivity index (χ0v) is 22.9. The molecule has 1 aliphatic rings. The zero-order valence-electron chi connectivity index (χ0n) is 22.1. The second-order valence-corrected chi connectivity index (χ2v) is 10.9. The van der Waals surface area contributed by atoms with Crippen LogP contribution >= 0.6 is 0 Å².